The molecule has 2 aromatic rings. The molecule has 3 N–H and O–H groups in total. The predicted molar refractivity (Wildman–Crippen MR) is 110 cm³/mol. The van der Waals surface area contributed by atoms with Crippen LogP contribution in [0.25, 0.3) is 0 Å². The lowest BCUT2D eigenvalue weighted by Crippen LogP contribution is -2.25. The number of terminal acetylenes is 1. The van der Waals surface area contributed by atoms with Crippen molar-refractivity contribution in [1.29, 1.82) is 0 Å². The molecular formula is C22H25F2N3O. The molecule has 0 heterocycles. The van der Waals surface area contributed by atoms with Gasteiger partial charge in [-0.15, -0.1) is 6.42 Å². The molecule has 2 aromatic carbocycles. The van der Waals surface area contributed by atoms with Crippen molar-refractivity contribution >= 4 is 23.0 Å². The van der Waals surface area contributed by atoms with Gasteiger partial charge >= 0.3 is 0 Å². The van der Waals surface area contributed by atoms with Gasteiger partial charge in [0.1, 0.15) is 5.82 Å². The van der Waals surface area contributed by atoms with Crippen molar-refractivity contribution in [1.82, 2.24) is 0 Å². The van der Waals surface area contributed by atoms with Gasteiger partial charge in [0.05, 0.1) is 23.6 Å². The van der Waals surface area contributed by atoms with Crippen LogP contribution in [0.5, 0.6) is 0 Å². The second-order valence-electron chi connectivity index (χ2n) is 7.83. The van der Waals surface area contributed by atoms with Crippen molar-refractivity contribution in [3.63, 3.8) is 0 Å². The Kier molecular flexibility index (Phi) is 6.63. The summed E-state index contributed by atoms with van der Waals surface area (Å²) in [6.45, 7) is 6.24. The summed E-state index contributed by atoms with van der Waals surface area (Å²) in [5.74, 6) is 1.24. The van der Waals surface area contributed by atoms with Crippen molar-refractivity contribution in [3.05, 3.63) is 53.6 Å². The first-order valence-corrected chi connectivity index (χ1v) is 8.91. The van der Waals surface area contributed by atoms with Gasteiger partial charge in [-0.3, -0.25) is 4.79 Å². The molecule has 28 heavy (non-hydrogen) atoms. The average molecular weight is 385 g/mol. The maximum absolute atomic E-state index is 14.9. The molecule has 0 saturated carbocycles. The maximum atomic E-state index is 14.9. The number of nitrogens with one attached hydrogen (secondary N) is 1. The molecule has 0 fully saturated rings. The van der Waals surface area contributed by atoms with Gasteiger partial charge in [-0.05, 0) is 35.2 Å². The first-order valence-electron chi connectivity index (χ1n) is 8.91. The van der Waals surface area contributed by atoms with E-state index in [2.05, 4.69) is 11.2 Å². The number of carbonyl (C=O) groups excluding carboxylic acids is 1. The van der Waals surface area contributed by atoms with Crippen LogP contribution in [-0.4, -0.2) is 12.5 Å². The van der Waals surface area contributed by atoms with E-state index in [0.717, 1.165) is 5.56 Å². The Hall–Kier alpha value is -3.07. The molecule has 2 rings (SSSR count). The third-order valence-electron chi connectivity index (χ3n) is 4.03. The monoisotopic (exact) mass is 385 g/mol. The van der Waals surface area contributed by atoms with Crippen LogP contribution in [-0.2, 0) is 11.3 Å². The summed E-state index contributed by atoms with van der Waals surface area (Å²) in [6.07, 6.45) is 5.71. The highest BCUT2D eigenvalue weighted by atomic mass is 19.1. The minimum atomic E-state index is -0.661. The molecule has 0 unspecified atom stereocenters. The van der Waals surface area contributed by atoms with E-state index in [-0.39, 0.29) is 53.7 Å². The van der Waals surface area contributed by atoms with Crippen LogP contribution in [0.2, 0.25) is 0 Å². The quantitative estimate of drug-likeness (QED) is 0.566. The fourth-order valence-corrected chi connectivity index (χ4v) is 2.76. The Morgan fingerprint density at radius 3 is 2.39 bits per heavy atom. The standard InChI is InChI=1S/C22H25F2N3O/c1-5-12-27(14-15-6-8-16(23)9-7-15)18-11-10-17(21(25)20(18)24)26-19(28)13-22(2,3)4/h1,6-11H,12-14,25H2,2-4H3,(H,26,28). The summed E-state index contributed by atoms with van der Waals surface area (Å²) in [5, 5.41) is 2.66. The molecule has 0 aromatic heterocycles. The molecule has 0 radical (unpaired) electrons. The maximum Gasteiger partial charge on any atom is 0.224 e. The molecule has 0 aliphatic heterocycles. The van der Waals surface area contributed by atoms with Gasteiger partial charge in [0.2, 0.25) is 5.91 Å². The van der Waals surface area contributed by atoms with Gasteiger partial charge in [0, 0.05) is 13.0 Å². The zero-order valence-corrected chi connectivity index (χ0v) is 16.4. The molecule has 0 aliphatic rings. The summed E-state index contributed by atoms with van der Waals surface area (Å²) in [6, 6.07) is 8.98. The van der Waals surface area contributed by atoms with Crippen LogP contribution in [0, 0.1) is 29.4 Å². The van der Waals surface area contributed by atoms with Crippen LogP contribution in [0.3, 0.4) is 0 Å². The molecule has 148 valence electrons. The highest BCUT2D eigenvalue weighted by Crippen LogP contribution is 2.32. The molecule has 0 saturated heterocycles. The van der Waals surface area contributed by atoms with E-state index >= 15 is 0 Å². The van der Waals surface area contributed by atoms with E-state index in [9.17, 15) is 13.6 Å². The van der Waals surface area contributed by atoms with E-state index in [1.165, 1.54) is 18.2 Å². The van der Waals surface area contributed by atoms with Crippen molar-refractivity contribution in [2.24, 2.45) is 5.41 Å². The van der Waals surface area contributed by atoms with Crippen LogP contribution in [0.1, 0.15) is 32.8 Å². The van der Waals surface area contributed by atoms with E-state index in [1.807, 2.05) is 20.8 Å². The predicted octanol–water partition coefficient (Wildman–Crippen LogP) is 4.56. The van der Waals surface area contributed by atoms with E-state index < -0.39 is 5.82 Å². The topological polar surface area (TPSA) is 58.4 Å². The Bertz CT molecular complexity index is 880. The number of benzene rings is 2. The van der Waals surface area contributed by atoms with Crippen LogP contribution < -0.4 is 16.0 Å². The first-order chi connectivity index (χ1) is 13.1. The summed E-state index contributed by atoms with van der Waals surface area (Å²) >= 11 is 0. The van der Waals surface area contributed by atoms with Crippen molar-refractivity contribution in [3.8, 4) is 12.3 Å². The molecule has 6 heteroatoms. The lowest BCUT2D eigenvalue weighted by molar-refractivity contribution is -0.117. The van der Waals surface area contributed by atoms with Crippen molar-refractivity contribution < 1.29 is 13.6 Å². The summed E-state index contributed by atoms with van der Waals surface area (Å²) in [5.41, 5.74) is 6.79. The normalized spacial score (nSPS) is 11.0. The highest BCUT2D eigenvalue weighted by molar-refractivity contribution is 5.94. The molecule has 0 atom stereocenters. The lowest BCUT2D eigenvalue weighted by Gasteiger charge is -2.25. The van der Waals surface area contributed by atoms with Gasteiger partial charge in [-0.1, -0.05) is 38.8 Å². The second kappa shape index (κ2) is 8.75. The number of anilines is 3. The Labute approximate surface area is 164 Å². The number of halogens is 2. The van der Waals surface area contributed by atoms with Gasteiger partial charge < -0.3 is 16.0 Å². The second-order valence-corrected chi connectivity index (χ2v) is 7.83. The lowest BCUT2D eigenvalue weighted by atomic mass is 9.92. The number of nitrogens with zero attached hydrogens (tertiary/aromatic N) is 1. The molecule has 1 amide bonds. The van der Waals surface area contributed by atoms with Crippen molar-refractivity contribution in [2.75, 3.05) is 22.5 Å². The Morgan fingerprint density at radius 1 is 1.18 bits per heavy atom. The number of amides is 1. The minimum Gasteiger partial charge on any atom is -0.395 e. The van der Waals surface area contributed by atoms with Gasteiger partial charge in [0.15, 0.2) is 5.82 Å². The molecule has 0 bridgehead atoms. The molecule has 0 aliphatic carbocycles. The molecule has 0 spiro atoms. The zero-order chi connectivity index (χ0) is 20.9. The van der Waals surface area contributed by atoms with E-state index in [0.29, 0.717) is 0 Å². The third-order valence-corrected chi connectivity index (χ3v) is 4.03. The zero-order valence-electron chi connectivity index (χ0n) is 16.4. The van der Waals surface area contributed by atoms with Crippen LogP contribution in [0.4, 0.5) is 25.8 Å². The van der Waals surface area contributed by atoms with Gasteiger partial charge in [-0.2, -0.15) is 0 Å². The number of carbonyl (C=O) groups is 1. The summed E-state index contributed by atoms with van der Waals surface area (Å²) in [4.78, 5) is 13.7. The number of hydrogen-bond donors (Lipinski definition) is 2. The fraction of sp³-hybridized carbons (Fsp3) is 0.318. The number of rotatable bonds is 6. The third kappa shape index (κ3) is 5.71. The Balaban J connectivity index is 2.26. The summed E-state index contributed by atoms with van der Waals surface area (Å²) < 4.78 is 28.1. The SMILES string of the molecule is C#CCN(Cc1ccc(F)cc1)c1ccc(NC(=O)CC(C)(C)C)c(N)c1F. The van der Waals surface area contributed by atoms with Crippen molar-refractivity contribution in [2.45, 2.75) is 33.7 Å². The van der Waals surface area contributed by atoms with Gasteiger partial charge in [0.25, 0.3) is 0 Å². The molecule has 4 nitrogen and oxygen atoms in total. The van der Waals surface area contributed by atoms with Crippen LogP contribution >= 0.6 is 0 Å². The highest BCUT2D eigenvalue weighted by Gasteiger charge is 2.20. The minimum absolute atomic E-state index is 0.142. The number of nitrogen functional groups attached to an aromatic ring is 1. The molecular weight excluding hydrogens is 360 g/mol. The van der Waals surface area contributed by atoms with Crippen LogP contribution in [0.15, 0.2) is 36.4 Å². The van der Waals surface area contributed by atoms with Gasteiger partial charge in [-0.25, -0.2) is 8.78 Å². The largest absolute Gasteiger partial charge is 0.395 e. The summed E-state index contributed by atoms with van der Waals surface area (Å²) in [7, 11) is 0. The fourth-order valence-electron chi connectivity index (χ4n) is 2.76. The van der Waals surface area contributed by atoms with E-state index in [4.69, 9.17) is 12.2 Å². The Morgan fingerprint density at radius 2 is 1.82 bits per heavy atom. The number of hydrogen-bond acceptors (Lipinski definition) is 3. The first kappa shape index (κ1) is 21.2. The average Bonchev–Trinajstić information content (AvgIpc) is 2.59. The number of nitrogens with two attached hydrogens (primary N) is 1. The smallest absolute Gasteiger partial charge is 0.224 e. The van der Waals surface area contributed by atoms with E-state index in [1.54, 1.807) is 23.1 Å².